The molecular formula is C61H76O34. The minimum absolute atomic E-state index is 0.0141. The predicted octanol–water partition coefficient (Wildman–Crippen LogP) is -4.28. The normalized spacial score (nSPS) is 35.7. The van der Waals surface area contributed by atoms with Gasteiger partial charge in [-0.3, -0.25) is 9.59 Å². The van der Waals surface area contributed by atoms with Gasteiger partial charge in [-0.25, -0.2) is 14.4 Å². The van der Waals surface area contributed by atoms with E-state index in [1.54, 1.807) is 6.07 Å². The lowest BCUT2D eigenvalue weighted by atomic mass is 9.95. The molecule has 524 valence electrons. The van der Waals surface area contributed by atoms with Crippen LogP contribution in [0.2, 0.25) is 0 Å². The van der Waals surface area contributed by atoms with Crippen molar-refractivity contribution in [2.45, 2.75) is 168 Å². The summed E-state index contributed by atoms with van der Waals surface area (Å²) in [7, 11) is 2.52. The van der Waals surface area contributed by atoms with Gasteiger partial charge in [-0.05, 0) is 66.6 Å². The van der Waals surface area contributed by atoms with Crippen molar-refractivity contribution in [1.29, 1.82) is 0 Å². The molecule has 0 saturated carbocycles. The topological polar surface area (TPSA) is 496 Å². The molecule has 0 bridgehead atoms. The first-order chi connectivity index (χ1) is 45.2. The number of aromatic hydroxyl groups is 1. The lowest BCUT2D eigenvalue weighted by molar-refractivity contribution is -0.421. The molecule has 34 nitrogen and oxygen atoms in total. The highest BCUT2D eigenvalue weighted by atomic mass is 16.8. The Kier molecular flexibility index (Phi) is 25.4. The van der Waals surface area contributed by atoms with Crippen LogP contribution >= 0.6 is 0 Å². The standard InChI is InChI=1S/C61H76O34/c1-26-42(69)46(73)49(76)57(85-26)86-33-16-12-30(20-35(33)81-5)14-18-41(68)90-52-39(24-83-28(3)65)89-60(54(92-58-50(77)47(74)43(70)36(21-62)87-58)53(52)91-59-51(78)48(75)44(71)38(88-59)23-82-27(2)64)95-61(25-84-40(67)17-13-29-11-15-32(66)34(19-29)80-4)55(45(72)37(22-63)94-61)93-56(79)31-9-7-6-8-10-31/h6-20,26,36-39,42-55,57-60,62-63,66,69-78H,21-25H2,1-5H3. The quantitative estimate of drug-likeness (QED) is 0.0217. The van der Waals surface area contributed by atoms with Gasteiger partial charge in [0.1, 0.15) is 117 Å². The molecule has 24 atom stereocenters. The summed E-state index contributed by atoms with van der Waals surface area (Å²) >= 11 is 0. The Labute approximate surface area is 540 Å². The Hall–Kier alpha value is -7.11. The maximum absolute atomic E-state index is 14.5. The van der Waals surface area contributed by atoms with Gasteiger partial charge in [-0.2, -0.15) is 0 Å². The van der Waals surface area contributed by atoms with Gasteiger partial charge in [0.2, 0.25) is 12.1 Å². The number of carbonyl (C=O) groups is 5. The summed E-state index contributed by atoms with van der Waals surface area (Å²) < 4.78 is 93.9. The van der Waals surface area contributed by atoms with Crippen molar-refractivity contribution in [2.24, 2.45) is 0 Å². The summed E-state index contributed by atoms with van der Waals surface area (Å²) in [6.07, 6.45) is -42.1. The number of hydrogen-bond donors (Lipinski definition) is 13. The number of esters is 5. The number of benzene rings is 3. The van der Waals surface area contributed by atoms with Crippen LogP contribution < -0.4 is 14.2 Å². The molecule has 0 radical (unpaired) electrons. The molecule has 5 fully saturated rings. The van der Waals surface area contributed by atoms with E-state index in [0.29, 0.717) is 0 Å². The Bertz CT molecular complexity index is 3130. The molecule has 95 heavy (non-hydrogen) atoms. The molecule has 13 N–H and O–H groups in total. The van der Waals surface area contributed by atoms with Crippen molar-refractivity contribution in [3.63, 3.8) is 0 Å². The van der Waals surface area contributed by atoms with E-state index in [0.717, 1.165) is 26.0 Å². The fourth-order valence-corrected chi connectivity index (χ4v) is 10.6. The molecule has 5 aliphatic heterocycles. The van der Waals surface area contributed by atoms with Crippen LogP contribution in [-0.2, 0) is 80.8 Å². The molecule has 0 spiro atoms. The van der Waals surface area contributed by atoms with Crippen molar-refractivity contribution in [1.82, 2.24) is 0 Å². The largest absolute Gasteiger partial charge is 0.504 e. The van der Waals surface area contributed by atoms with Crippen molar-refractivity contribution in [3.05, 3.63) is 95.6 Å². The minimum Gasteiger partial charge on any atom is -0.504 e. The molecule has 8 rings (SSSR count). The molecule has 3 aromatic carbocycles. The van der Waals surface area contributed by atoms with Gasteiger partial charge in [0.15, 0.2) is 54.1 Å². The number of hydrogen-bond acceptors (Lipinski definition) is 34. The van der Waals surface area contributed by atoms with Crippen LogP contribution in [0.3, 0.4) is 0 Å². The first kappa shape index (κ1) is 73.7. The summed E-state index contributed by atoms with van der Waals surface area (Å²) in [5, 5.41) is 142. The van der Waals surface area contributed by atoms with Crippen molar-refractivity contribution in [3.8, 4) is 23.0 Å². The lowest BCUT2D eigenvalue weighted by Gasteiger charge is -2.50. The number of aliphatic hydroxyl groups excluding tert-OH is 12. The number of rotatable bonds is 25. The van der Waals surface area contributed by atoms with E-state index >= 15 is 0 Å². The second-order valence-electron chi connectivity index (χ2n) is 22.3. The van der Waals surface area contributed by atoms with Crippen molar-refractivity contribution >= 4 is 42.0 Å². The molecule has 0 aliphatic carbocycles. The van der Waals surface area contributed by atoms with Gasteiger partial charge in [0.25, 0.3) is 0 Å². The van der Waals surface area contributed by atoms with Crippen LogP contribution in [0.4, 0.5) is 0 Å². The Morgan fingerprint density at radius 1 is 0.516 bits per heavy atom. The number of carbonyl (C=O) groups excluding carboxylic acids is 5. The first-order valence-electron chi connectivity index (χ1n) is 29.5. The lowest BCUT2D eigenvalue weighted by Crippen LogP contribution is -2.69. The van der Waals surface area contributed by atoms with Crippen LogP contribution in [-0.4, -0.2) is 290 Å². The van der Waals surface area contributed by atoms with E-state index < -0.39 is 210 Å². The zero-order chi connectivity index (χ0) is 69.2. The molecule has 5 aliphatic rings. The second kappa shape index (κ2) is 32.8. The summed E-state index contributed by atoms with van der Waals surface area (Å²) in [6, 6.07) is 15.1. The van der Waals surface area contributed by atoms with E-state index in [-0.39, 0.29) is 39.7 Å². The fourth-order valence-electron chi connectivity index (χ4n) is 10.6. The highest BCUT2D eigenvalue weighted by Gasteiger charge is 2.64. The predicted molar refractivity (Wildman–Crippen MR) is 309 cm³/mol. The average Bonchev–Trinajstić information content (AvgIpc) is 1.71. The van der Waals surface area contributed by atoms with Crippen molar-refractivity contribution in [2.75, 3.05) is 47.3 Å². The Morgan fingerprint density at radius 2 is 1.05 bits per heavy atom. The number of phenolic OH excluding ortho intramolecular Hbond substituents is 1. The van der Waals surface area contributed by atoms with Gasteiger partial charge in [0.05, 0.1) is 39.1 Å². The van der Waals surface area contributed by atoms with Crippen LogP contribution in [0.1, 0.15) is 42.3 Å². The van der Waals surface area contributed by atoms with Gasteiger partial charge >= 0.3 is 29.8 Å². The molecule has 5 saturated heterocycles. The molecule has 0 aromatic heterocycles. The van der Waals surface area contributed by atoms with E-state index in [1.807, 2.05) is 0 Å². The second-order valence-corrected chi connectivity index (χ2v) is 22.3. The summed E-state index contributed by atoms with van der Waals surface area (Å²) in [5.74, 6) is -8.94. The van der Waals surface area contributed by atoms with Crippen LogP contribution in [0.15, 0.2) is 78.9 Å². The molecule has 0 amide bonds. The third kappa shape index (κ3) is 17.5. The van der Waals surface area contributed by atoms with Crippen LogP contribution in [0.5, 0.6) is 23.0 Å². The summed E-state index contributed by atoms with van der Waals surface area (Å²) in [5.41, 5.74) is 0.316. The third-order valence-electron chi connectivity index (χ3n) is 15.7. The zero-order valence-electron chi connectivity index (χ0n) is 51.4. The highest BCUT2D eigenvalue weighted by molar-refractivity contribution is 5.90. The molecule has 24 unspecified atom stereocenters. The first-order valence-corrected chi connectivity index (χ1v) is 29.5. The number of ether oxygens (including phenoxy) is 16. The SMILES string of the molecule is COc1cc(C=CC(=O)OCC2(OC3OC(COC(C)=O)C(OC(=O)C=Cc4ccc(OC5OC(C)C(O)C(O)C5O)c(OC)c4)C(OC4OC(COC(C)=O)C(O)C(O)C4O)C3OC3OC(CO)C(O)C(O)C3O)OC(CO)C(O)C2OC(=O)c2ccccc2)ccc1O. The number of aliphatic hydroxyl groups is 12. The molecule has 34 heteroatoms. The Balaban J connectivity index is 1.25. The van der Waals surface area contributed by atoms with E-state index in [9.17, 15) is 90.4 Å². The van der Waals surface area contributed by atoms with Gasteiger partial charge in [0, 0.05) is 26.0 Å². The highest BCUT2D eigenvalue weighted by Crippen LogP contribution is 2.43. The maximum atomic E-state index is 14.5. The fraction of sp³-hybridized carbons (Fsp3) is 0.557. The zero-order valence-corrected chi connectivity index (χ0v) is 51.4. The van der Waals surface area contributed by atoms with E-state index in [2.05, 4.69) is 0 Å². The number of methoxy groups -OCH3 is 2. The van der Waals surface area contributed by atoms with E-state index in [1.165, 1.54) is 94.0 Å². The van der Waals surface area contributed by atoms with E-state index in [4.69, 9.17) is 75.8 Å². The maximum Gasteiger partial charge on any atom is 0.338 e. The van der Waals surface area contributed by atoms with Gasteiger partial charge in [-0.15, -0.1) is 0 Å². The molecule has 5 heterocycles. The van der Waals surface area contributed by atoms with Gasteiger partial charge < -0.3 is 142 Å². The smallest absolute Gasteiger partial charge is 0.338 e. The molecule has 3 aromatic rings. The third-order valence-corrected chi connectivity index (χ3v) is 15.7. The molecular weight excluding hydrogens is 1280 g/mol. The average molecular weight is 1350 g/mol. The summed E-state index contributed by atoms with van der Waals surface area (Å²) in [6.45, 7) is -1.85. The Morgan fingerprint density at radius 3 is 1.66 bits per heavy atom. The van der Waals surface area contributed by atoms with Gasteiger partial charge in [-0.1, -0.05) is 30.3 Å². The minimum atomic E-state index is -2.99. The monoisotopic (exact) mass is 1350 g/mol. The number of phenols is 1. The van der Waals surface area contributed by atoms with Crippen LogP contribution in [0.25, 0.3) is 12.2 Å². The summed E-state index contributed by atoms with van der Waals surface area (Å²) in [4.78, 5) is 67.3. The van der Waals surface area contributed by atoms with Crippen LogP contribution in [0, 0.1) is 0 Å². The van der Waals surface area contributed by atoms with Crippen molar-refractivity contribution < 1.29 is 166 Å².